The lowest BCUT2D eigenvalue weighted by Gasteiger charge is -2.22. The number of rotatable bonds is 8. The maximum absolute atomic E-state index is 14.2. The third-order valence-electron chi connectivity index (χ3n) is 3.38. The monoisotopic (exact) mass is 298 g/mol. The van der Waals surface area contributed by atoms with Gasteiger partial charge in [-0.05, 0) is 42.5 Å². The van der Waals surface area contributed by atoms with Crippen LogP contribution in [0.2, 0.25) is 0 Å². The summed E-state index contributed by atoms with van der Waals surface area (Å²) in [5.74, 6) is 0.0596. The van der Waals surface area contributed by atoms with Gasteiger partial charge >= 0.3 is 0 Å². The average Bonchev–Trinajstić information content (AvgIpc) is 2.35. The number of nitrogens with zero attached hydrogens (tertiary/aromatic N) is 1. The van der Waals surface area contributed by atoms with Gasteiger partial charge in [-0.3, -0.25) is 0 Å². The molecule has 1 aromatic carbocycles. The van der Waals surface area contributed by atoms with Crippen molar-refractivity contribution in [2.24, 2.45) is 11.8 Å². The van der Waals surface area contributed by atoms with Crippen LogP contribution in [-0.4, -0.2) is 20.1 Å². The molecule has 0 amide bonds. The van der Waals surface area contributed by atoms with Crippen molar-refractivity contribution in [3.8, 4) is 0 Å². The van der Waals surface area contributed by atoms with E-state index in [-0.39, 0.29) is 5.69 Å². The molecule has 0 spiro atoms. The van der Waals surface area contributed by atoms with Gasteiger partial charge in [0.1, 0.15) is 17.3 Å². The fraction of sp³-hybridized carbons (Fsp3) is 0.647. The van der Waals surface area contributed by atoms with Gasteiger partial charge in [0.15, 0.2) is 0 Å². The number of anilines is 1. The molecule has 0 saturated heterocycles. The second-order valence-electron chi connectivity index (χ2n) is 6.54. The van der Waals surface area contributed by atoms with Gasteiger partial charge in [-0.2, -0.15) is 0 Å². The predicted octanol–water partition coefficient (Wildman–Crippen LogP) is 4.19. The summed E-state index contributed by atoms with van der Waals surface area (Å²) in [6, 6.07) is 2.86. The lowest BCUT2D eigenvalue weighted by atomic mass is 10.1. The highest BCUT2D eigenvalue weighted by atomic mass is 19.1. The predicted molar refractivity (Wildman–Crippen MR) is 85.6 cm³/mol. The molecule has 1 aromatic rings. The van der Waals surface area contributed by atoms with Crippen molar-refractivity contribution in [1.29, 1.82) is 0 Å². The van der Waals surface area contributed by atoms with E-state index in [9.17, 15) is 8.78 Å². The lowest BCUT2D eigenvalue weighted by Crippen LogP contribution is -2.23. The molecule has 21 heavy (non-hydrogen) atoms. The van der Waals surface area contributed by atoms with E-state index in [1.54, 1.807) is 11.9 Å². The van der Waals surface area contributed by atoms with Crippen LogP contribution in [0.25, 0.3) is 0 Å². The Bertz CT molecular complexity index is 421. The lowest BCUT2D eigenvalue weighted by molar-refractivity contribution is 0.537. The van der Waals surface area contributed by atoms with Crippen LogP contribution in [0, 0.1) is 23.5 Å². The Morgan fingerprint density at radius 2 is 1.62 bits per heavy atom. The van der Waals surface area contributed by atoms with Crippen LogP contribution >= 0.6 is 0 Å². The summed E-state index contributed by atoms with van der Waals surface area (Å²) in [4.78, 5) is 1.66. The van der Waals surface area contributed by atoms with Crippen molar-refractivity contribution in [3.05, 3.63) is 29.3 Å². The second kappa shape index (κ2) is 8.32. The number of nitrogens with one attached hydrogen (secondary N) is 1. The van der Waals surface area contributed by atoms with E-state index < -0.39 is 11.6 Å². The molecule has 2 nitrogen and oxygen atoms in total. The molecule has 0 saturated carbocycles. The zero-order valence-electron chi connectivity index (χ0n) is 13.8. The highest BCUT2D eigenvalue weighted by molar-refractivity contribution is 5.50. The number of halogens is 2. The molecule has 0 heterocycles. The van der Waals surface area contributed by atoms with Crippen LogP contribution in [0.3, 0.4) is 0 Å². The first-order chi connectivity index (χ1) is 9.81. The molecule has 1 rings (SSSR count). The molecule has 0 aliphatic heterocycles. The largest absolute Gasteiger partial charge is 0.370 e. The van der Waals surface area contributed by atoms with Crippen molar-refractivity contribution in [2.45, 2.75) is 40.7 Å². The summed E-state index contributed by atoms with van der Waals surface area (Å²) in [6.45, 7) is 10.4. The Balaban J connectivity index is 2.75. The molecule has 120 valence electrons. The Morgan fingerprint density at radius 1 is 1.05 bits per heavy atom. The molecule has 0 unspecified atom stereocenters. The zero-order valence-corrected chi connectivity index (χ0v) is 13.8. The van der Waals surface area contributed by atoms with Crippen LogP contribution < -0.4 is 10.2 Å². The Kier molecular flexibility index (Phi) is 7.09. The first kappa shape index (κ1) is 17.9. The minimum atomic E-state index is -0.484. The van der Waals surface area contributed by atoms with E-state index in [1.807, 2.05) is 0 Å². The fourth-order valence-corrected chi connectivity index (χ4v) is 2.15. The number of benzene rings is 1. The minimum absolute atomic E-state index is 0.0725. The molecule has 0 aliphatic carbocycles. The van der Waals surface area contributed by atoms with Crippen molar-refractivity contribution < 1.29 is 8.78 Å². The highest BCUT2D eigenvalue weighted by Crippen LogP contribution is 2.24. The highest BCUT2D eigenvalue weighted by Gasteiger charge is 2.15. The van der Waals surface area contributed by atoms with Crippen LogP contribution in [0.5, 0.6) is 0 Å². The van der Waals surface area contributed by atoms with Crippen LogP contribution in [0.1, 0.15) is 39.7 Å². The summed E-state index contributed by atoms with van der Waals surface area (Å²) in [7, 11) is 1.74. The summed E-state index contributed by atoms with van der Waals surface area (Å²) < 4.78 is 28.3. The minimum Gasteiger partial charge on any atom is -0.370 e. The van der Waals surface area contributed by atoms with Crippen LogP contribution in [-0.2, 0) is 6.54 Å². The maximum Gasteiger partial charge on any atom is 0.149 e. The number of hydrogen-bond donors (Lipinski definition) is 1. The maximum atomic E-state index is 14.2. The quantitative estimate of drug-likeness (QED) is 0.774. The third kappa shape index (κ3) is 6.00. The van der Waals surface area contributed by atoms with Crippen LogP contribution in [0.4, 0.5) is 14.5 Å². The second-order valence-corrected chi connectivity index (χ2v) is 6.54. The molecular formula is C17H28F2N2. The van der Waals surface area contributed by atoms with E-state index in [0.717, 1.165) is 13.0 Å². The molecule has 0 aromatic heterocycles. The van der Waals surface area contributed by atoms with Crippen molar-refractivity contribution in [1.82, 2.24) is 5.32 Å². The summed E-state index contributed by atoms with van der Waals surface area (Å²) >= 11 is 0. The molecular weight excluding hydrogens is 270 g/mol. The van der Waals surface area contributed by atoms with E-state index in [2.05, 4.69) is 33.0 Å². The first-order valence-corrected chi connectivity index (χ1v) is 7.71. The SMILES string of the molecule is CC(C)CCN(C)c1c(F)cc(CNCC(C)C)cc1F. The van der Waals surface area contributed by atoms with Gasteiger partial charge in [-0.1, -0.05) is 27.7 Å². The topological polar surface area (TPSA) is 15.3 Å². The Labute approximate surface area is 127 Å². The first-order valence-electron chi connectivity index (χ1n) is 7.71. The molecule has 0 bridgehead atoms. The van der Waals surface area contributed by atoms with Gasteiger partial charge in [-0.25, -0.2) is 8.78 Å². The summed E-state index contributed by atoms with van der Waals surface area (Å²) in [5.41, 5.74) is 0.718. The Hall–Kier alpha value is -1.16. The zero-order chi connectivity index (χ0) is 16.0. The van der Waals surface area contributed by atoms with E-state index >= 15 is 0 Å². The Morgan fingerprint density at radius 3 is 2.10 bits per heavy atom. The molecule has 1 N–H and O–H groups in total. The normalized spacial score (nSPS) is 11.5. The fourth-order valence-electron chi connectivity index (χ4n) is 2.15. The van der Waals surface area contributed by atoms with Gasteiger partial charge in [0.05, 0.1) is 0 Å². The standard InChI is InChI=1S/C17H28F2N2/c1-12(2)6-7-21(5)17-15(18)8-14(9-16(17)19)11-20-10-13(3)4/h8-9,12-13,20H,6-7,10-11H2,1-5H3. The average molecular weight is 298 g/mol. The molecule has 0 radical (unpaired) electrons. The van der Waals surface area contributed by atoms with Gasteiger partial charge in [0.25, 0.3) is 0 Å². The van der Waals surface area contributed by atoms with Crippen LogP contribution in [0.15, 0.2) is 12.1 Å². The van der Waals surface area contributed by atoms with Gasteiger partial charge in [0.2, 0.25) is 0 Å². The smallest absolute Gasteiger partial charge is 0.149 e. The third-order valence-corrected chi connectivity index (χ3v) is 3.38. The van der Waals surface area contributed by atoms with Gasteiger partial charge in [0, 0.05) is 20.1 Å². The van der Waals surface area contributed by atoms with Gasteiger partial charge in [-0.15, -0.1) is 0 Å². The summed E-state index contributed by atoms with van der Waals surface area (Å²) in [5, 5.41) is 3.20. The van der Waals surface area contributed by atoms with Crippen molar-refractivity contribution in [2.75, 3.05) is 25.0 Å². The number of hydrogen-bond acceptors (Lipinski definition) is 2. The van der Waals surface area contributed by atoms with Crippen molar-refractivity contribution >= 4 is 5.69 Å². The molecule has 0 fully saturated rings. The molecule has 0 aliphatic rings. The molecule has 0 atom stereocenters. The van der Waals surface area contributed by atoms with Crippen molar-refractivity contribution in [3.63, 3.8) is 0 Å². The summed E-state index contributed by atoms with van der Waals surface area (Å²) in [6.07, 6.45) is 0.910. The van der Waals surface area contributed by atoms with E-state index in [4.69, 9.17) is 0 Å². The molecule has 4 heteroatoms. The van der Waals surface area contributed by atoms with Gasteiger partial charge < -0.3 is 10.2 Å². The van der Waals surface area contributed by atoms with E-state index in [1.165, 1.54) is 12.1 Å². The van der Waals surface area contributed by atoms with E-state index in [0.29, 0.717) is 30.5 Å².